The molecule has 8 nitrogen and oxygen atoms in total. The first-order valence-corrected chi connectivity index (χ1v) is 15.2. The Bertz CT molecular complexity index is 1840. The number of anilines is 1. The number of hydrogen-bond acceptors (Lipinski definition) is 8. The van der Waals surface area contributed by atoms with Crippen LogP contribution >= 0.6 is 11.8 Å². The van der Waals surface area contributed by atoms with E-state index in [1.807, 2.05) is 29.2 Å². The Kier molecular flexibility index (Phi) is 8.83. The number of thioether (sulfide) groups is 1. The number of methoxy groups -OCH3 is 1. The zero-order valence-electron chi connectivity index (χ0n) is 24.7. The summed E-state index contributed by atoms with van der Waals surface area (Å²) >= 11 is 1.23. The molecule has 246 valence electrons. The highest BCUT2D eigenvalue weighted by atomic mass is 32.2. The summed E-state index contributed by atoms with van der Waals surface area (Å²) in [5.74, 6) is -0.187. The maximum atomic E-state index is 13.6. The Morgan fingerprint density at radius 3 is 2.43 bits per heavy atom. The Morgan fingerprint density at radius 1 is 0.915 bits per heavy atom. The quantitative estimate of drug-likeness (QED) is 0.152. The number of carbonyl (C=O) groups is 1. The number of alkyl halides is 6. The molecule has 0 unspecified atom stereocenters. The number of oxazole rings is 1. The van der Waals surface area contributed by atoms with Crippen molar-refractivity contribution in [3.05, 3.63) is 87.8 Å². The van der Waals surface area contributed by atoms with E-state index >= 15 is 0 Å². The molecule has 0 spiro atoms. The Morgan fingerprint density at radius 2 is 1.68 bits per heavy atom. The molecule has 1 aromatic heterocycles. The maximum Gasteiger partial charge on any atom is 0.416 e. The monoisotopic (exact) mass is 676 g/mol. The first-order valence-electron chi connectivity index (χ1n) is 14.4. The summed E-state index contributed by atoms with van der Waals surface area (Å²) in [7, 11) is 1.33. The van der Waals surface area contributed by atoms with Crippen molar-refractivity contribution in [3.8, 4) is 11.5 Å². The number of nitrogens with zero attached hydrogens (tertiary/aromatic N) is 4. The zero-order valence-corrected chi connectivity index (χ0v) is 25.5. The maximum absolute atomic E-state index is 13.6. The van der Waals surface area contributed by atoms with E-state index in [-0.39, 0.29) is 17.6 Å². The number of para-hydroxylation sites is 2. The molecule has 0 atom stereocenters. The van der Waals surface area contributed by atoms with E-state index in [9.17, 15) is 31.1 Å². The summed E-state index contributed by atoms with van der Waals surface area (Å²) in [6.07, 6.45) is -7.54. The molecule has 4 aromatic rings. The van der Waals surface area contributed by atoms with Crippen LogP contribution in [0.5, 0.6) is 11.5 Å². The summed E-state index contributed by atoms with van der Waals surface area (Å²) in [6, 6.07) is 14.1. The number of aliphatic imine (C=N–C) groups is 1. The smallest absolute Gasteiger partial charge is 0.416 e. The highest BCUT2D eigenvalue weighted by molar-refractivity contribution is 8.18. The molecule has 0 radical (unpaired) electrons. The summed E-state index contributed by atoms with van der Waals surface area (Å²) < 4.78 is 96.5. The van der Waals surface area contributed by atoms with E-state index in [4.69, 9.17) is 13.9 Å². The van der Waals surface area contributed by atoms with Gasteiger partial charge in [0.1, 0.15) is 12.1 Å². The molecular weight excluding hydrogens is 650 g/mol. The van der Waals surface area contributed by atoms with Crippen LogP contribution < -0.4 is 14.4 Å². The minimum absolute atomic E-state index is 0.0669. The highest BCUT2D eigenvalue weighted by Gasteiger charge is 2.38. The van der Waals surface area contributed by atoms with Crippen molar-refractivity contribution in [1.82, 2.24) is 9.88 Å². The number of hydrogen-bond donors (Lipinski definition) is 0. The fourth-order valence-corrected chi connectivity index (χ4v) is 6.14. The third-order valence-electron chi connectivity index (χ3n) is 7.54. The lowest BCUT2D eigenvalue weighted by molar-refractivity contribution is -0.143. The lowest BCUT2D eigenvalue weighted by Crippen LogP contribution is -2.33. The van der Waals surface area contributed by atoms with Crippen LogP contribution in [0.4, 0.5) is 32.4 Å². The lowest BCUT2D eigenvalue weighted by atomic mass is 10.0. The van der Waals surface area contributed by atoms with Crippen LogP contribution in [0, 0.1) is 0 Å². The number of ether oxygens (including phenoxy) is 2. The van der Waals surface area contributed by atoms with E-state index in [2.05, 4.69) is 14.9 Å². The molecule has 1 fully saturated rings. The second-order valence-electron chi connectivity index (χ2n) is 10.7. The number of halogens is 6. The van der Waals surface area contributed by atoms with Crippen LogP contribution in [0.1, 0.15) is 28.7 Å². The second kappa shape index (κ2) is 12.9. The average molecular weight is 677 g/mol. The summed E-state index contributed by atoms with van der Waals surface area (Å²) in [4.78, 5) is 26.1. The van der Waals surface area contributed by atoms with Crippen molar-refractivity contribution in [2.45, 2.75) is 25.4 Å². The summed E-state index contributed by atoms with van der Waals surface area (Å²) in [6.45, 7) is 1.96. The Hall–Kier alpha value is -4.66. The van der Waals surface area contributed by atoms with Gasteiger partial charge in [-0.05, 0) is 66.2 Å². The molecule has 0 aliphatic carbocycles. The average Bonchev–Trinajstić information content (AvgIpc) is 3.53. The molecule has 47 heavy (non-hydrogen) atoms. The normalized spacial score (nSPS) is 17.0. The van der Waals surface area contributed by atoms with E-state index in [1.54, 1.807) is 12.1 Å². The van der Waals surface area contributed by atoms with Gasteiger partial charge in [-0.15, -0.1) is 0 Å². The van der Waals surface area contributed by atoms with E-state index in [0.29, 0.717) is 52.9 Å². The first-order chi connectivity index (χ1) is 22.4. The zero-order chi connectivity index (χ0) is 33.3. The predicted octanol–water partition coefficient (Wildman–Crippen LogP) is 7.64. The molecule has 1 saturated heterocycles. The number of carbonyl (C=O) groups excluding carboxylic acids is 1. The minimum Gasteiger partial charge on any atom is -0.493 e. The van der Waals surface area contributed by atoms with Gasteiger partial charge in [0, 0.05) is 31.7 Å². The number of amidine groups is 1. The fraction of sp³-hybridized carbons (Fsp3) is 0.281. The number of aromatic nitrogens is 1. The van der Waals surface area contributed by atoms with Gasteiger partial charge in [-0.3, -0.25) is 4.79 Å². The van der Waals surface area contributed by atoms with Gasteiger partial charge in [-0.25, -0.2) is 0 Å². The predicted molar refractivity (Wildman–Crippen MR) is 164 cm³/mol. The number of benzene rings is 3. The number of rotatable bonds is 6. The summed E-state index contributed by atoms with van der Waals surface area (Å²) in [5, 5.41) is 0.574. The third kappa shape index (κ3) is 7.19. The van der Waals surface area contributed by atoms with Crippen molar-refractivity contribution in [1.29, 1.82) is 0 Å². The molecule has 6 rings (SSSR count). The number of amides is 1. The largest absolute Gasteiger partial charge is 0.493 e. The molecule has 3 heterocycles. The van der Waals surface area contributed by atoms with Crippen LogP contribution in [-0.2, 0) is 23.8 Å². The van der Waals surface area contributed by atoms with Crippen molar-refractivity contribution in [2.24, 2.45) is 4.99 Å². The lowest BCUT2D eigenvalue weighted by Gasteiger charge is -2.21. The first kappa shape index (κ1) is 32.3. The molecule has 2 aliphatic rings. The molecule has 2 aliphatic heterocycles. The molecular formula is C32H26F6N4O4S. The van der Waals surface area contributed by atoms with Gasteiger partial charge in [0.05, 0.1) is 23.1 Å². The van der Waals surface area contributed by atoms with Gasteiger partial charge in [-0.2, -0.15) is 36.3 Å². The van der Waals surface area contributed by atoms with E-state index < -0.39 is 41.6 Å². The second-order valence-corrected chi connectivity index (χ2v) is 11.7. The van der Waals surface area contributed by atoms with Crippen LogP contribution in [-0.4, -0.2) is 54.2 Å². The Balaban J connectivity index is 1.11. The molecule has 0 saturated carbocycles. The molecule has 0 N–H and O–H groups in total. The van der Waals surface area contributed by atoms with E-state index in [1.165, 1.54) is 31.0 Å². The van der Waals surface area contributed by atoms with Crippen molar-refractivity contribution in [3.63, 3.8) is 0 Å². The SMILES string of the molecule is COc1cc(C=C2SC(N3CCCN(c4nc5ccccc5o4)CC3)=NC2=O)ccc1OCc1ccc(C(F)(F)F)cc1C(F)(F)F. The van der Waals surface area contributed by atoms with Crippen LogP contribution in [0.25, 0.3) is 17.2 Å². The third-order valence-corrected chi connectivity index (χ3v) is 8.58. The van der Waals surface area contributed by atoms with E-state index in [0.717, 1.165) is 24.5 Å². The molecule has 0 bridgehead atoms. The van der Waals surface area contributed by atoms with Gasteiger partial charge in [-0.1, -0.05) is 24.3 Å². The highest BCUT2D eigenvalue weighted by Crippen LogP contribution is 2.39. The van der Waals surface area contributed by atoms with Crippen LogP contribution in [0.15, 0.2) is 75.0 Å². The van der Waals surface area contributed by atoms with Crippen LogP contribution in [0.3, 0.4) is 0 Å². The van der Waals surface area contributed by atoms with Crippen molar-refractivity contribution in [2.75, 3.05) is 38.2 Å². The fourth-order valence-electron chi connectivity index (χ4n) is 5.17. The molecule has 15 heteroatoms. The number of fused-ring (bicyclic) bond motifs is 1. The van der Waals surface area contributed by atoms with Gasteiger partial charge in [0.2, 0.25) is 0 Å². The van der Waals surface area contributed by atoms with Gasteiger partial charge < -0.3 is 23.7 Å². The van der Waals surface area contributed by atoms with Crippen molar-refractivity contribution >= 4 is 46.0 Å². The molecule has 3 aromatic carbocycles. The summed E-state index contributed by atoms with van der Waals surface area (Å²) in [5.41, 5.74) is -1.28. The van der Waals surface area contributed by atoms with Crippen molar-refractivity contribution < 1.29 is 45.0 Å². The Labute approximate surface area is 268 Å². The van der Waals surface area contributed by atoms with Gasteiger partial charge >= 0.3 is 12.4 Å². The topological polar surface area (TPSA) is 80.4 Å². The van der Waals surface area contributed by atoms with Gasteiger partial charge in [0.25, 0.3) is 11.9 Å². The molecule has 1 amide bonds. The standard InChI is InChI=1S/C32H26F6N4O4S/c1-44-26-15-19(7-10-25(26)45-18-20-8-9-21(31(33,34)35)17-22(20)32(36,37)38)16-27-28(43)40-30(47-27)42-12-4-11-41(13-14-42)29-39-23-5-2-3-6-24(23)46-29/h2-3,5-10,15-17H,4,11-14,18H2,1H3. The van der Waals surface area contributed by atoms with Gasteiger partial charge in [0.15, 0.2) is 22.2 Å². The minimum atomic E-state index is -5.02. The van der Waals surface area contributed by atoms with Crippen LogP contribution in [0.2, 0.25) is 0 Å².